The third-order valence-electron chi connectivity index (χ3n) is 6.91. The number of rotatable bonds is 2. The molecule has 1 amide bonds. The monoisotopic (exact) mass is 470 g/mol. The van der Waals surface area contributed by atoms with E-state index in [-0.39, 0.29) is 17.1 Å². The summed E-state index contributed by atoms with van der Waals surface area (Å²) in [5.41, 5.74) is 4.25. The number of benzene rings is 3. The van der Waals surface area contributed by atoms with Gasteiger partial charge >= 0.3 is 0 Å². The lowest BCUT2D eigenvalue weighted by Crippen LogP contribution is -2.44. The summed E-state index contributed by atoms with van der Waals surface area (Å²) < 4.78 is 27.5. The van der Waals surface area contributed by atoms with Crippen molar-refractivity contribution < 1.29 is 23.5 Å². The summed E-state index contributed by atoms with van der Waals surface area (Å²) in [6.07, 6.45) is 0.345. The first-order valence-electron chi connectivity index (χ1n) is 11.3. The minimum absolute atomic E-state index is 0.179. The van der Waals surface area contributed by atoms with E-state index in [1.165, 1.54) is 24.0 Å². The fourth-order valence-electron chi connectivity index (χ4n) is 5.40. The largest absolute Gasteiger partial charge is 0.512 e. The van der Waals surface area contributed by atoms with Crippen LogP contribution in [-0.4, -0.2) is 32.7 Å². The molecule has 2 atom stereocenters. The number of para-hydroxylation sites is 1. The number of fused-ring (bicyclic) bond motifs is 4. The van der Waals surface area contributed by atoms with Crippen molar-refractivity contribution in [2.75, 3.05) is 0 Å². The highest BCUT2D eigenvalue weighted by Crippen LogP contribution is 2.45. The first-order valence-corrected chi connectivity index (χ1v) is 11.3. The molecule has 4 aromatic rings. The minimum Gasteiger partial charge on any atom is -0.512 e. The molecule has 1 fully saturated rings. The number of aromatic amines is 1. The van der Waals surface area contributed by atoms with Crippen molar-refractivity contribution in [2.45, 2.75) is 25.4 Å². The summed E-state index contributed by atoms with van der Waals surface area (Å²) in [6, 6.07) is 16.9. The van der Waals surface area contributed by atoms with Crippen molar-refractivity contribution in [2.24, 2.45) is 0 Å². The number of aromatic nitrogens is 1. The van der Waals surface area contributed by atoms with Crippen molar-refractivity contribution >= 4 is 22.6 Å². The number of H-pyrrole nitrogens is 1. The predicted octanol–water partition coefficient (Wildman–Crippen LogP) is 5.37. The van der Waals surface area contributed by atoms with Gasteiger partial charge in [0, 0.05) is 29.1 Å². The normalized spacial score (nSPS) is 20.8. The molecule has 0 bridgehead atoms. The van der Waals surface area contributed by atoms with Gasteiger partial charge in [-0.05, 0) is 47.4 Å². The molecular weight excluding hydrogens is 450 g/mol. The van der Waals surface area contributed by atoms with Crippen LogP contribution >= 0.6 is 0 Å². The minimum atomic E-state index is -0.728. The van der Waals surface area contributed by atoms with Gasteiger partial charge in [0.15, 0.2) is 5.78 Å². The van der Waals surface area contributed by atoms with Crippen LogP contribution in [0.1, 0.15) is 29.8 Å². The molecule has 1 aromatic heterocycles. The van der Waals surface area contributed by atoms with Crippen molar-refractivity contribution in [3.63, 3.8) is 0 Å². The Hall–Kier alpha value is -4.26. The molecule has 35 heavy (non-hydrogen) atoms. The molecule has 2 aliphatic rings. The Morgan fingerprint density at radius 1 is 0.971 bits per heavy atom. The SMILES string of the molecule is C/C(O)=C1\C(=O)[C@@H]2Cc3c([nH]c4ccccc34)[C@@H](c3ccc(-c4cc(F)cc(F)c4)cc3)N2C1=O. The van der Waals surface area contributed by atoms with Crippen molar-refractivity contribution in [1.82, 2.24) is 9.88 Å². The molecular formula is C28H20F2N2O3. The molecule has 5 nitrogen and oxygen atoms in total. The maximum atomic E-state index is 13.7. The van der Waals surface area contributed by atoms with Gasteiger partial charge in [0.05, 0.1) is 6.04 Å². The average molecular weight is 470 g/mol. The van der Waals surface area contributed by atoms with Crippen LogP contribution in [0.25, 0.3) is 22.0 Å². The first-order chi connectivity index (χ1) is 16.8. The van der Waals surface area contributed by atoms with E-state index in [0.29, 0.717) is 17.5 Å². The Morgan fingerprint density at radius 2 is 1.66 bits per heavy atom. The van der Waals surface area contributed by atoms with E-state index < -0.39 is 29.6 Å². The zero-order valence-corrected chi connectivity index (χ0v) is 18.7. The summed E-state index contributed by atoms with van der Waals surface area (Å²) in [5.74, 6) is -2.51. The molecule has 174 valence electrons. The number of nitrogens with one attached hydrogen (secondary N) is 1. The third kappa shape index (κ3) is 3.19. The number of aliphatic hydroxyl groups is 1. The number of amides is 1. The smallest absolute Gasteiger partial charge is 0.262 e. The Morgan fingerprint density at radius 3 is 2.34 bits per heavy atom. The lowest BCUT2D eigenvalue weighted by Gasteiger charge is -2.37. The number of carbonyl (C=O) groups is 2. The molecule has 7 heteroatoms. The second kappa shape index (κ2) is 7.63. The standard InChI is InChI=1S/C28H20F2N2O3/c1-14(33)24-27(34)23-13-21-20-4-2-3-5-22(20)31-25(21)26(32(23)28(24)35)16-8-6-15(7-9-16)17-10-18(29)12-19(30)11-17/h2-12,23,26,31,33H,13H2,1H3/b24-14-/t23-,26+/m0/s1. The fourth-order valence-corrected chi connectivity index (χ4v) is 5.40. The number of hydrogen-bond acceptors (Lipinski definition) is 3. The summed E-state index contributed by atoms with van der Waals surface area (Å²) in [5, 5.41) is 11.1. The number of aliphatic hydroxyl groups excluding tert-OH is 1. The number of halogens is 2. The maximum absolute atomic E-state index is 13.7. The molecule has 3 heterocycles. The molecule has 2 N–H and O–H groups in total. The van der Waals surface area contributed by atoms with Gasteiger partial charge in [0.2, 0.25) is 0 Å². The van der Waals surface area contributed by atoms with Crippen LogP contribution in [-0.2, 0) is 16.0 Å². The van der Waals surface area contributed by atoms with Gasteiger partial charge in [-0.2, -0.15) is 0 Å². The summed E-state index contributed by atoms with van der Waals surface area (Å²) >= 11 is 0. The highest BCUT2D eigenvalue weighted by Gasteiger charge is 2.52. The highest BCUT2D eigenvalue weighted by molar-refractivity contribution is 6.27. The first kappa shape index (κ1) is 21.3. The third-order valence-corrected chi connectivity index (χ3v) is 6.91. The number of carbonyl (C=O) groups excluding carboxylic acids is 2. The lowest BCUT2D eigenvalue weighted by atomic mass is 9.88. The van der Waals surface area contributed by atoms with Crippen LogP contribution in [0.3, 0.4) is 0 Å². The number of ketones is 1. The zero-order chi connectivity index (χ0) is 24.4. The van der Waals surface area contributed by atoms with Crippen molar-refractivity contribution in [1.29, 1.82) is 0 Å². The Balaban J connectivity index is 1.52. The molecule has 6 rings (SSSR count). The number of allylic oxidation sites excluding steroid dienone is 1. The summed E-state index contributed by atoms with van der Waals surface area (Å²) in [4.78, 5) is 31.5. The molecule has 3 aromatic carbocycles. The number of hydrogen-bond donors (Lipinski definition) is 2. The molecule has 2 aliphatic heterocycles. The van der Waals surface area contributed by atoms with Crippen molar-refractivity contribution in [3.05, 3.63) is 107 Å². The van der Waals surface area contributed by atoms with Crippen molar-refractivity contribution in [3.8, 4) is 11.1 Å². The Kier molecular flexibility index (Phi) is 4.64. The molecule has 1 saturated heterocycles. The summed E-state index contributed by atoms with van der Waals surface area (Å²) in [6.45, 7) is 1.35. The molecule has 0 unspecified atom stereocenters. The van der Waals surface area contributed by atoms with Gasteiger partial charge in [-0.3, -0.25) is 9.59 Å². The van der Waals surface area contributed by atoms with E-state index in [1.54, 1.807) is 24.3 Å². The lowest BCUT2D eigenvalue weighted by molar-refractivity contribution is -0.129. The second-order valence-electron chi connectivity index (χ2n) is 9.00. The van der Waals surface area contributed by atoms with E-state index in [9.17, 15) is 23.5 Å². The van der Waals surface area contributed by atoms with Gasteiger partial charge < -0.3 is 15.0 Å². The van der Waals surface area contributed by atoms with E-state index in [1.807, 2.05) is 24.3 Å². The second-order valence-corrected chi connectivity index (χ2v) is 9.00. The molecule has 0 radical (unpaired) electrons. The highest BCUT2D eigenvalue weighted by atomic mass is 19.1. The summed E-state index contributed by atoms with van der Waals surface area (Å²) in [7, 11) is 0. The zero-order valence-electron chi connectivity index (χ0n) is 18.7. The van der Waals surface area contributed by atoms with Gasteiger partial charge in [-0.15, -0.1) is 0 Å². The van der Waals surface area contributed by atoms with E-state index in [2.05, 4.69) is 4.98 Å². The van der Waals surface area contributed by atoms with Crippen LogP contribution < -0.4 is 0 Å². The fraction of sp³-hybridized carbons (Fsp3) is 0.143. The van der Waals surface area contributed by atoms with Crippen LogP contribution in [0.4, 0.5) is 8.78 Å². The van der Waals surface area contributed by atoms with E-state index in [4.69, 9.17) is 0 Å². The average Bonchev–Trinajstić information content (AvgIpc) is 3.32. The van der Waals surface area contributed by atoms with Gasteiger partial charge in [-0.25, -0.2) is 8.78 Å². The van der Waals surface area contributed by atoms with Crippen LogP contribution in [0.15, 0.2) is 78.1 Å². The van der Waals surface area contributed by atoms with Crippen LogP contribution in [0.2, 0.25) is 0 Å². The Labute approximate surface area is 199 Å². The number of Topliss-reactive ketones (excluding diaryl/α,β-unsaturated/α-hetero) is 1. The van der Waals surface area contributed by atoms with E-state index in [0.717, 1.165) is 33.8 Å². The van der Waals surface area contributed by atoms with Gasteiger partial charge in [0.25, 0.3) is 5.91 Å². The quantitative estimate of drug-likeness (QED) is 0.235. The van der Waals surface area contributed by atoms with Crippen LogP contribution in [0, 0.1) is 11.6 Å². The topological polar surface area (TPSA) is 73.4 Å². The molecule has 0 saturated carbocycles. The van der Waals surface area contributed by atoms with Gasteiger partial charge in [-0.1, -0.05) is 42.5 Å². The molecule has 0 spiro atoms. The maximum Gasteiger partial charge on any atom is 0.262 e. The molecule has 0 aliphatic carbocycles. The van der Waals surface area contributed by atoms with E-state index >= 15 is 0 Å². The predicted molar refractivity (Wildman–Crippen MR) is 127 cm³/mol. The Bertz CT molecular complexity index is 1540. The van der Waals surface area contributed by atoms with Gasteiger partial charge in [0.1, 0.15) is 29.0 Å². The van der Waals surface area contributed by atoms with Crippen LogP contribution in [0.5, 0.6) is 0 Å². The number of nitrogens with zero attached hydrogens (tertiary/aromatic N) is 1.